The second kappa shape index (κ2) is 2.85. The first-order valence-corrected chi connectivity index (χ1v) is 3.87. The van der Waals surface area contributed by atoms with Gasteiger partial charge in [0, 0.05) is 12.4 Å². The number of hydrogen-bond acceptors (Lipinski definition) is 4. The molecule has 0 bridgehead atoms. The van der Waals surface area contributed by atoms with Gasteiger partial charge in [0.25, 0.3) is 0 Å². The predicted octanol–water partition coefficient (Wildman–Crippen LogP) is 0.553. The number of rotatable bonds is 1. The van der Waals surface area contributed by atoms with Crippen LogP contribution in [0.4, 0.5) is 5.95 Å². The van der Waals surface area contributed by atoms with E-state index in [0.29, 0.717) is 0 Å². The average molecular weight is 175 g/mol. The molecule has 0 spiro atoms. The molecule has 2 heterocycles. The van der Waals surface area contributed by atoms with Gasteiger partial charge in [0.2, 0.25) is 5.95 Å². The third kappa shape index (κ3) is 1.35. The number of aromatic nitrogens is 4. The number of hydrogen-bond donors (Lipinski definition) is 1. The summed E-state index contributed by atoms with van der Waals surface area (Å²) >= 11 is 0. The van der Waals surface area contributed by atoms with Crippen LogP contribution in [0, 0.1) is 6.92 Å². The van der Waals surface area contributed by atoms with Gasteiger partial charge in [0.15, 0.2) is 0 Å². The van der Waals surface area contributed by atoms with Crippen molar-refractivity contribution in [3.63, 3.8) is 0 Å². The Bertz CT molecular complexity index is 406. The maximum Gasteiger partial charge on any atom is 0.240 e. The minimum Gasteiger partial charge on any atom is -0.366 e. The standard InChI is InChI=1S/C8H9N5/c1-6-11-8(9)12-13(6)7-2-4-10-5-3-7/h2-5H,1H3,(H2,9,12). The van der Waals surface area contributed by atoms with Crippen molar-refractivity contribution in [1.82, 2.24) is 19.7 Å². The molecule has 2 rings (SSSR count). The number of anilines is 1. The van der Waals surface area contributed by atoms with Gasteiger partial charge >= 0.3 is 0 Å². The third-order valence-corrected chi connectivity index (χ3v) is 1.69. The highest BCUT2D eigenvalue weighted by molar-refractivity contribution is 5.30. The molecule has 2 N–H and O–H groups in total. The van der Waals surface area contributed by atoms with E-state index in [1.165, 1.54) is 0 Å². The third-order valence-electron chi connectivity index (χ3n) is 1.69. The first kappa shape index (κ1) is 7.72. The van der Waals surface area contributed by atoms with Gasteiger partial charge in [-0.3, -0.25) is 4.98 Å². The number of nitrogens with two attached hydrogens (primary N) is 1. The Morgan fingerprint density at radius 1 is 1.31 bits per heavy atom. The Kier molecular flexibility index (Phi) is 1.70. The quantitative estimate of drug-likeness (QED) is 0.687. The number of aryl methyl sites for hydroxylation is 1. The molecule has 0 aliphatic heterocycles. The van der Waals surface area contributed by atoms with Gasteiger partial charge in [-0.1, -0.05) is 0 Å². The summed E-state index contributed by atoms with van der Waals surface area (Å²) in [5.41, 5.74) is 6.37. The van der Waals surface area contributed by atoms with Crippen LogP contribution in [-0.2, 0) is 0 Å². The van der Waals surface area contributed by atoms with Crippen molar-refractivity contribution in [3.05, 3.63) is 30.4 Å². The van der Waals surface area contributed by atoms with Gasteiger partial charge in [0.05, 0.1) is 5.69 Å². The maximum absolute atomic E-state index is 5.46. The number of nitrogen functional groups attached to an aromatic ring is 1. The normalized spacial score (nSPS) is 10.2. The molecule has 0 aromatic carbocycles. The van der Waals surface area contributed by atoms with E-state index in [9.17, 15) is 0 Å². The molecule has 0 saturated heterocycles. The van der Waals surface area contributed by atoms with Gasteiger partial charge in [-0.05, 0) is 19.1 Å². The maximum atomic E-state index is 5.46. The molecule has 0 amide bonds. The Balaban J connectivity index is 2.53. The van der Waals surface area contributed by atoms with Crippen molar-refractivity contribution >= 4 is 5.95 Å². The molecule has 0 saturated carbocycles. The molecule has 2 aromatic rings. The SMILES string of the molecule is Cc1nc(N)nn1-c1ccncc1. The van der Waals surface area contributed by atoms with Gasteiger partial charge in [-0.15, -0.1) is 5.10 Å². The highest BCUT2D eigenvalue weighted by Crippen LogP contribution is 2.07. The van der Waals surface area contributed by atoms with Crippen molar-refractivity contribution in [1.29, 1.82) is 0 Å². The highest BCUT2D eigenvalue weighted by Gasteiger charge is 2.03. The highest BCUT2D eigenvalue weighted by atomic mass is 15.4. The number of nitrogens with zero attached hydrogens (tertiary/aromatic N) is 4. The van der Waals surface area contributed by atoms with Crippen LogP contribution >= 0.6 is 0 Å². The molecule has 0 unspecified atom stereocenters. The summed E-state index contributed by atoms with van der Waals surface area (Å²) in [7, 11) is 0. The molecule has 2 aromatic heterocycles. The fraction of sp³-hybridized carbons (Fsp3) is 0.125. The lowest BCUT2D eigenvalue weighted by Crippen LogP contribution is -1.99. The zero-order valence-corrected chi connectivity index (χ0v) is 7.18. The number of pyridine rings is 1. The van der Waals surface area contributed by atoms with Crippen LogP contribution in [0.15, 0.2) is 24.5 Å². The zero-order chi connectivity index (χ0) is 9.26. The Morgan fingerprint density at radius 3 is 2.54 bits per heavy atom. The fourth-order valence-corrected chi connectivity index (χ4v) is 1.14. The van der Waals surface area contributed by atoms with Gasteiger partial charge in [-0.25, -0.2) is 4.68 Å². The van der Waals surface area contributed by atoms with E-state index in [-0.39, 0.29) is 5.95 Å². The molecular weight excluding hydrogens is 166 g/mol. The van der Waals surface area contributed by atoms with Crippen molar-refractivity contribution in [2.24, 2.45) is 0 Å². The van der Waals surface area contributed by atoms with Crippen LogP contribution in [0.2, 0.25) is 0 Å². The lowest BCUT2D eigenvalue weighted by Gasteiger charge is -1.99. The molecule has 0 atom stereocenters. The molecule has 0 aliphatic rings. The molecule has 5 heteroatoms. The monoisotopic (exact) mass is 175 g/mol. The molecule has 0 radical (unpaired) electrons. The van der Waals surface area contributed by atoms with Crippen molar-refractivity contribution in [3.8, 4) is 5.69 Å². The largest absolute Gasteiger partial charge is 0.366 e. The van der Waals surface area contributed by atoms with Gasteiger partial charge in [-0.2, -0.15) is 4.98 Å². The molecular formula is C8H9N5. The van der Waals surface area contributed by atoms with Gasteiger partial charge < -0.3 is 5.73 Å². The first-order chi connectivity index (χ1) is 6.27. The second-order valence-electron chi connectivity index (χ2n) is 2.63. The summed E-state index contributed by atoms with van der Waals surface area (Å²) in [4.78, 5) is 7.91. The van der Waals surface area contributed by atoms with Crippen LogP contribution in [-0.4, -0.2) is 19.7 Å². The molecule has 13 heavy (non-hydrogen) atoms. The zero-order valence-electron chi connectivity index (χ0n) is 7.18. The van der Waals surface area contributed by atoms with Crippen LogP contribution in [0.5, 0.6) is 0 Å². The second-order valence-corrected chi connectivity index (χ2v) is 2.63. The first-order valence-electron chi connectivity index (χ1n) is 3.87. The summed E-state index contributed by atoms with van der Waals surface area (Å²) in [5, 5.41) is 4.04. The van der Waals surface area contributed by atoms with E-state index in [1.54, 1.807) is 17.1 Å². The predicted molar refractivity (Wildman–Crippen MR) is 48.3 cm³/mol. The summed E-state index contributed by atoms with van der Waals surface area (Å²) < 4.78 is 1.68. The Labute approximate surface area is 75.2 Å². The van der Waals surface area contributed by atoms with E-state index in [2.05, 4.69) is 15.1 Å². The van der Waals surface area contributed by atoms with E-state index in [4.69, 9.17) is 5.73 Å². The summed E-state index contributed by atoms with van der Waals surface area (Å²) in [5.74, 6) is 1.05. The van der Waals surface area contributed by atoms with Crippen LogP contribution < -0.4 is 5.73 Å². The van der Waals surface area contributed by atoms with E-state index < -0.39 is 0 Å². The van der Waals surface area contributed by atoms with Crippen LogP contribution in [0.25, 0.3) is 5.69 Å². The van der Waals surface area contributed by atoms with E-state index in [0.717, 1.165) is 11.5 Å². The smallest absolute Gasteiger partial charge is 0.240 e. The van der Waals surface area contributed by atoms with Crippen molar-refractivity contribution < 1.29 is 0 Å². The van der Waals surface area contributed by atoms with E-state index in [1.807, 2.05) is 19.1 Å². The Hall–Kier alpha value is -1.91. The van der Waals surface area contributed by atoms with E-state index >= 15 is 0 Å². The topological polar surface area (TPSA) is 69.6 Å². The Morgan fingerprint density at radius 2 is 2.00 bits per heavy atom. The molecule has 0 fully saturated rings. The molecule has 0 aliphatic carbocycles. The molecule has 66 valence electrons. The van der Waals surface area contributed by atoms with Crippen molar-refractivity contribution in [2.75, 3.05) is 5.73 Å². The molecule has 5 nitrogen and oxygen atoms in total. The van der Waals surface area contributed by atoms with Gasteiger partial charge in [0.1, 0.15) is 5.82 Å². The van der Waals surface area contributed by atoms with Crippen LogP contribution in [0.1, 0.15) is 5.82 Å². The fourth-order valence-electron chi connectivity index (χ4n) is 1.14. The summed E-state index contributed by atoms with van der Waals surface area (Å²) in [6, 6.07) is 3.70. The van der Waals surface area contributed by atoms with Crippen molar-refractivity contribution in [2.45, 2.75) is 6.92 Å². The summed E-state index contributed by atoms with van der Waals surface area (Å²) in [6.07, 6.45) is 3.40. The average Bonchev–Trinajstić information content (AvgIpc) is 2.47. The minimum atomic E-state index is 0.286. The lowest BCUT2D eigenvalue weighted by atomic mass is 10.4. The lowest BCUT2D eigenvalue weighted by molar-refractivity contribution is 0.840. The summed E-state index contributed by atoms with van der Waals surface area (Å²) in [6.45, 7) is 1.85. The minimum absolute atomic E-state index is 0.286. The van der Waals surface area contributed by atoms with Crippen LogP contribution in [0.3, 0.4) is 0 Å².